The van der Waals surface area contributed by atoms with Crippen LogP contribution in [0.1, 0.15) is 38.2 Å². The van der Waals surface area contributed by atoms with Crippen molar-refractivity contribution in [2.24, 2.45) is 22.9 Å². The van der Waals surface area contributed by atoms with Crippen molar-refractivity contribution < 1.29 is 4.79 Å². The summed E-state index contributed by atoms with van der Waals surface area (Å²) in [5, 5.41) is 4.24. The number of nitrogens with one attached hydrogen (secondary N) is 1. The van der Waals surface area contributed by atoms with Crippen molar-refractivity contribution in [3.05, 3.63) is 34.3 Å². The zero-order valence-electron chi connectivity index (χ0n) is 11.6. The van der Waals surface area contributed by atoms with Crippen molar-refractivity contribution in [1.29, 1.82) is 0 Å². The number of hydrogen-bond donors (Lipinski definition) is 1. The molecule has 0 heterocycles. The van der Waals surface area contributed by atoms with Crippen molar-refractivity contribution in [3.8, 4) is 0 Å². The van der Waals surface area contributed by atoms with Gasteiger partial charge in [-0.3, -0.25) is 4.79 Å². The van der Waals surface area contributed by atoms with Crippen molar-refractivity contribution in [3.63, 3.8) is 0 Å². The Morgan fingerprint density at radius 1 is 1.20 bits per heavy atom. The number of benzene rings is 1. The molecule has 2 aliphatic carbocycles. The highest BCUT2D eigenvalue weighted by Crippen LogP contribution is 2.55. The minimum atomic E-state index is 0.110. The summed E-state index contributed by atoms with van der Waals surface area (Å²) in [5.41, 5.74) is 4.62. The van der Waals surface area contributed by atoms with Crippen molar-refractivity contribution in [2.75, 3.05) is 0 Å². The first-order valence-electron chi connectivity index (χ1n) is 7.27. The zero-order valence-corrected chi connectivity index (χ0v) is 13.2. The second-order valence-electron chi connectivity index (χ2n) is 5.82. The standard InChI is InChI=1S/C16H19BrN2O/c1-10(11-6-8-12(17)9-7-11)18-19-16(20)15-13-4-2-3-5-14(13)15/h6-9,13-15H,2-5H2,1H3,(H,19,20)/b18-10-/t13-,14+,15?. The van der Waals surface area contributed by atoms with Gasteiger partial charge in [-0.15, -0.1) is 0 Å². The minimum absolute atomic E-state index is 0.110. The van der Waals surface area contributed by atoms with Crippen molar-refractivity contribution >= 4 is 27.5 Å². The molecular formula is C16H19BrN2O. The zero-order chi connectivity index (χ0) is 14.1. The van der Waals surface area contributed by atoms with Crippen LogP contribution in [0.25, 0.3) is 0 Å². The SMILES string of the molecule is C/C(=N/NC(=O)C1[C@H]2CCCC[C@@H]12)c1ccc(Br)cc1. The topological polar surface area (TPSA) is 41.5 Å². The van der Waals surface area contributed by atoms with Crippen LogP contribution >= 0.6 is 15.9 Å². The fourth-order valence-corrected chi connectivity index (χ4v) is 3.61. The normalized spacial score (nSPS) is 28.7. The molecule has 106 valence electrons. The van der Waals surface area contributed by atoms with E-state index in [9.17, 15) is 4.79 Å². The third kappa shape index (κ3) is 2.80. The Bertz CT molecular complexity index is 526. The van der Waals surface area contributed by atoms with Gasteiger partial charge in [-0.05, 0) is 49.3 Å². The van der Waals surface area contributed by atoms with E-state index < -0.39 is 0 Å². The van der Waals surface area contributed by atoms with Gasteiger partial charge in [0.05, 0.1) is 5.71 Å². The lowest BCUT2D eigenvalue weighted by Crippen LogP contribution is -2.22. The third-order valence-electron chi connectivity index (χ3n) is 4.56. The highest BCUT2D eigenvalue weighted by Gasteiger charge is 2.54. The van der Waals surface area contributed by atoms with E-state index in [0.29, 0.717) is 11.8 Å². The molecule has 3 atom stereocenters. The summed E-state index contributed by atoms with van der Waals surface area (Å²) in [6.45, 7) is 1.92. The van der Waals surface area contributed by atoms with Crippen molar-refractivity contribution in [1.82, 2.24) is 5.43 Å². The number of nitrogens with zero attached hydrogens (tertiary/aromatic N) is 1. The number of hydrazone groups is 1. The fraction of sp³-hybridized carbons (Fsp3) is 0.500. The van der Waals surface area contributed by atoms with Gasteiger partial charge in [0.2, 0.25) is 5.91 Å². The van der Waals surface area contributed by atoms with E-state index in [1.165, 1.54) is 25.7 Å². The van der Waals surface area contributed by atoms with Gasteiger partial charge in [-0.1, -0.05) is 40.9 Å². The second-order valence-corrected chi connectivity index (χ2v) is 6.73. The smallest absolute Gasteiger partial charge is 0.243 e. The molecule has 1 amide bonds. The van der Waals surface area contributed by atoms with Gasteiger partial charge in [0.15, 0.2) is 0 Å². The maximum Gasteiger partial charge on any atom is 0.243 e. The molecule has 2 aliphatic rings. The van der Waals surface area contributed by atoms with Gasteiger partial charge < -0.3 is 0 Å². The molecule has 0 aliphatic heterocycles. The lowest BCUT2D eigenvalue weighted by Gasteiger charge is -2.04. The van der Waals surface area contributed by atoms with Gasteiger partial charge in [0, 0.05) is 10.4 Å². The minimum Gasteiger partial charge on any atom is -0.273 e. The van der Waals surface area contributed by atoms with Gasteiger partial charge in [-0.2, -0.15) is 5.10 Å². The summed E-state index contributed by atoms with van der Waals surface area (Å²) in [4.78, 5) is 12.1. The summed E-state index contributed by atoms with van der Waals surface area (Å²) in [6.07, 6.45) is 5.01. The predicted molar refractivity (Wildman–Crippen MR) is 83.4 cm³/mol. The van der Waals surface area contributed by atoms with Crippen LogP contribution in [-0.4, -0.2) is 11.6 Å². The lowest BCUT2D eigenvalue weighted by molar-refractivity contribution is -0.122. The van der Waals surface area contributed by atoms with Crippen molar-refractivity contribution in [2.45, 2.75) is 32.6 Å². The molecule has 2 fully saturated rings. The Hall–Kier alpha value is -1.16. The number of hydrogen-bond acceptors (Lipinski definition) is 2. The number of carbonyl (C=O) groups excluding carboxylic acids is 1. The third-order valence-corrected chi connectivity index (χ3v) is 5.08. The van der Waals surface area contributed by atoms with E-state index in [-0.39, 0.29) is 11.8 Å². The molecule has 0 bridgehead atoms. The van der Waals surface area contributed by atoms with Gasteiger partial charge in [0.25, 0.3) is 0 Å². The number of carbonyl (C=O) groups is 1. The molecular weight excluding hydrogens is 316 g/mol. The monoisotopic (exact) mass is 334 g/mol. The van der Waals surface area contributed by atoms with E-state index in [1.54, 1.807) is 0 Å². The summed E-state index contributed by atoms with van der Waals surface area (Å²) in [7, 11) is 0. The maximum absolute atomic E-state index is 12.1. The number of fused-ring (bicyclic) bond motifs is 1. The molecule has 0 aromatic heterocycles. The summed E-state index contributed by atoms with van der Waals surface area (Å²) < 4.78 is 1.04. The van der Waals surface area contributed by atoms with E-state index in [0.717, 1.165) is 15.7 Å². The molecule has 4 heteroatoms. The highest BCUT2D eigenvalue weighted by molar-refractivity contribution is 9.10. The molecule has 20 heavy (non-hydrogen) atoms. The largest absolute Gasteiger partial charge is 0.273 e. The van der Waals surface area contributed by atoms with Crippen LogP contribution < -0.4 is 5.43 Å². The Balaban J connectivity index is 1.59. The first-order chi connectivity index (χ1) is 9.66. The van der Waals surface area contributed by atoms with E-state index in [1.807, 2.05) is 31.2 Å². The molecule has 2 saturated carbocycles. The lowest BCUT2D eigenvalue weighted by atomic mass is 10.0. The number of halogens is 1. The van der Waals surface area contributed by atoms with E-state index in [2.05, 4.69) is 26.5 Å². The summed E-state index contributed by atoms with van der Waals surface area (Å²) in [6, 6.07) is 7.94. The first-order valence-corrected chi connectivity index (χ1v) is 8.06. The van der Waals surface area contributed by atoms with E-state index >= 15 is 0 Å². The maximum atomic E-state index is 12.1. The first kappa shape index (κ1) is 13.8. The summed E-state index contributed by atoms with van der Waals surface area (Å²) in [5.74, 6) is 1.59. The molecule has 1 unspecified atom stereocenters. The molecule has 1 aromatic rings. The molecule has 0 spiro atoms. The number of amides is 1. The van der Waals surface area contributed by atoms with Crippen LogP contribution in [0.4, 0.5) is 0 Å². The molecule has 1 aromatic carbocycles. The Morgan fingerprint density at radius 2 is 1.80 bits per heavy atom. The second kappa shape index (κ2) is 5.68. The Kier molecular flexibility index (Phi) is 3.92. The average molecular weight is 335 g/mol. The Morgan fingerprint density at radius 3 is 2.40 bits per heavy atom. The van der Waals surface area contributed by atoms with Gasteiger partial charge >= 0.3 is 0 Å². The molecule has 3 rings (SSSR count). The molecule has 0 radical (unpaired) electrons. The molecule has 1 N–H and O–H groups in total. The molecule has 0 saturated heterocycles. The average Bonchev–Trinajstić information content (AvgIpc) is 3.19. The van der Waals surface area contributed by atoms with Crippen LogP contribution in [0.15, 0.2) is 33.8 Å². The Labute approximate surface area is 128 Å². The van der Waals surface area contributed by atoms with Crippen LogP contribution in [0.3, 0.4) is 0 Å². The summed E-state index contributed by atoms with van der Waals surface area (Å²) >= 11 is 3.41. The van der Waals surface area contributed by atoms with Crippen LogP contribution in [0.2, 0.25) is 0 Å². The van der Waals surface area contributed by atoms with Gasteiger partial charge in [-0.25, -0.2) is 5.43 Å². The number of rotatable bonds is 3. The quantitative estimate of drug-likeness (QED) is 0.664. The van der Waals surface area contributed by atoms with Crippen LogP contribution in [0.5, 0.6) is 0 Å². The predicted octanol–water partition coefficient (Wildman–Crippen LogP) is 3.73. The highest BCUT2D eigenvalue weighted by atomic mass is 79.9. The van der Waals surface area contributed by atoms with Gasteiger partial charge in [0.1, 0.15) is 0 Å². The van der Waals surface area contributed by atoms with Crippen LogP contribution in [0, 0.1) is 17.8 Å². The van der Waals surface area contributed by atoms with Crippen LogP contribution in [-0.2, 0) is 4.79 Å². The van der Waals surface area contributed by atoms with E-state index in [4.69, 9.17) is 0 Å². The fourth-order valence-electron chi connectivity index (χ4n) is 3.35. The molecule has 3 nitrogen and oxygen atoms in total.